The van der Waals surface area contributed by atoms with E-state index in [0.717, 1.165) is 0 Å². The van der Waals surface area contributed by atoms with Gasteiger partial charge < -0.3 is 53.0 Å². The number of likely N-dealkylation sites (tertiary alicyclic amines) is 1. The highest BCUT2D eigenvalue weighted by Crippen LogP contribution is 2.20. The Balaban J connectivity index is 2.03. The number of carboxylic acid groups (broad SMARTS) is 1. The minimum atomic E-state index is -1.26. The van der Waals surface area contributed by atoms with Gasteiger partial charge in [-0.15, -0.1) is 0 Å². The lowest BCUT2D eigenvalue weighted by molar-refractivity contribution is -0.142. The molecule has 1 heterocycles. The van der Waals surface area contributed by atoms with E-state index in [1.807, 2.05) is 0 Å². The lowest BCUT2D eigenvalue weighted by atomic mass is 10.0. The second-order valence-electron chi connectivity index (χ2n) is 13.6. The minimum absolute atomic E-state index is 0.0301. The van der Waals surface area contributed by atoms with Gasteiger partial charge in [0.1, 0.15) is 30.7 Å². The van der Waals surface area contributed by atoms with Crippen LogP contribution in [-0.2, 0) is 49.6 Å². The lowest BCUT2D eigenvalue weighted by Crippen LogP contribution is -2.57. The molecule has 10 N–H and O–H groups in total. The van der Waals surface area contributed by atoms with Crippen LogP contribution >= 0.6 is 0 Å². The van der Waals surface area contributed by atoms with E-state index in [9.17, 15) is 43.2 Å². The van der Waals surface area contributed by atoms with Crippen molar-refractivity contribution < 1.29 is 48.3 Å². The molecule has 5 atom stereocenters. The molecule has 0 aliphatic carbocycles. The van der Waals surface area contributed by atoms with Crippen molar-refractivity contribution >= 4 is 53.2 Å². The van der Waals surface area contributed by atoms with Gasteiger partial charge in [-0.2, -0.15) is 0 Å². The summed E-state index contributed by atoms with van der Waals surface area (Å²) in [4.78, 5) is 115. The molecule has 1 aliphatic rings. The van der Waals surface area contributed by atoms with Gasteiger partial charge in [0.25, 0.3) is 0 Å². The van der Waals surface area contributed by atoms with Crippen LogP contribution in [0.2, 0.25) is 0 Å². The molecule has 0 spiro atoms. The molecular weight excluding hydrogens is 706 g/mol. The highest BCUT2D eigenvalue weighted by atomic mass is 16.4. The summed E-state index contributed by atoms with van der Waals surface area (Å²) in [5, 5.41) is 26.0. The summed E-state index contributed by atoms with van der Waals surface area (Å²) in [7, 11) is 0. The fourth-order valence-corrected chi connectivity index (χ4v) is 5.46. The minimum Gasteiger partial charge on any atom is -0.480 e. The number of carbonyl (C=O) groups excluding carboxylic acids is 8. The number of hydrogen-bond acceptors (Lipinski definition) is 10. The van der Waals surface area contributed by atoms with Crippen LogP contribution in [-0.4, -0.2) is 126 Å². The topological polar surface area (TPSA) is 287 Å². The Kier molecular flexibility index (Phi) is 18.0. The standard InChI is InChI=1S/C35H53N9O10/c1-19(2)29(34(53)40-18-28(48)49)42-26(46)17-38-32(51)23(14-22-10-7-6-8-11-22)41-25(45)15-39-33(52)24-12-9-13-44(24)35(54)30(20(3)4)43-27(47)16-37-31(50)21(5)36/h6-8,10-11,19-21,23-24,29-30H,9,12-18,36H2,1-5H3,(H,37,50)(H,38,51)(H,39,52)(H,40,53)(H,41,45)(H,42,46)(H,43,47)(H,48,49)/t21-,23-,24-,29-,30-/m0/s1. The van der Waals surface area contributed by atoms with Crippen LogP contribution in [0.1, 0.15) is 53.0 Å². The van der Waals surface area contributed by atoms with Crippen molar-refractivity contribution in [2.24, 2.45) is 17.6 Å². The predicted molar refractivity (Wildman–Crippen MR) is 194 cm³/mol. The van der Waals surface area contributed by atoms with Crippen molar-refractivity contribution in [3.05, 3.63) is 35.9 Å². The Morgan fingerprint density at radius 2 is 1.22 bits per heavy atom. The average Bonchev–Trinajstić information content (AvgIpc) is 3.62. The van der Waals surface area contributed by atoms with Crippen molar-refractivity contribution in [2.45, 2.75) is 84.1 Å². The Labute approximate surface area is 313 Å². The number of rotatable bonds is 20. The maximum atomic E-state index is 13.5. The summed E-state index contributed by atoms with van der Waals surface area (Å²) in [6.07, 6.45) is 0.835. The van der Waals surface area contributed by atoms with Crippen LogP contribution in [0.15, 0.2) is 30.3 Å². The number of nitrogens with two attached hydrogens (primary N) is 1. The van der Waals surface area contributed by atoms with Gasteiger partial charge in [-0.05, 0) is 37.2 Å². The third-order valence-electron chi connectivity index (χ3n) is 8.38. The first-order valence-electron chi connectivity index (χ1n) is 17.7. The number of aliphatic carboxylic acids is 1. The number of amides is 8. The third kappa shape index (κ3) is 14.8. The van der Waals surface area contributed by atoms with Crippen molar-refractivity contribution in [3.63, 3.8) is 0 Å². The molecule has 0 bridgehead atoms. The van der Waals surface area contributed by atoms with E-state index < -0.39 is 109 Å². The van der Waals surface area contributed by atoms with E-state index in [2.05, 4.69) is 37.2 Å². The molecule has 2 rings (SSSR count). The van der Waals surface area contributed by atoms with Crippen LogP contribution in [0.4, 0.5) is 0 Å². The molecular formula is C35H53N9O10. The second kappa shape index (κ2) is 21.8. The summed E-state index contributed by atoms with van der Waals surface area (Å²) in [6, 6.07) is 3.73. The zero-order valence-corrected chi connectivity index (χ0v) is 31.2. The molecule has 0 unspecified atom stereocenters. The predicted octanol–water partition coefficient (Wildman–Crippen LogP) is -3.12. The lowest BCUT2D eigenvalue weighted by Gasteiger charge is -2.30. The van der Waals surface area contributed by atoms with E-state index in [1.165, 1.54) is 11.8 Å². The number of carboxylic acids is 1. The van der Waals surface area contributed by atoms with Crippen molar-refractivity contribution in [1.29, 1.82) is 0 Å². The van der Waals surface area contributed by atoms with Crippen LogP contribution in [0.3, 0.4) is 0 Å². The van der Waals surface area contributed by atoms with Crippen LogP contribution < -0.4 is 43.0 Å². The molecule has 0 aromatic heterocycles. The highest BCUT2D eigenvalue weighted by molar-refractivity contribution is 5.96. The molecule has 19 heteroatoms. The van der Waals surface area contributed by atoms with Crippen LogP contribution in [0.25, 0.3) is 0 Å². The van der Waals surface area contributed by atoms with Gasteiger partial charge in [-0.3, -0.25) is 43.2 Å². The number of benzene rings is 1. The fourth-order valence-electron chi connectivity index (χ4n) is 5.46. The molecule has 1 fully saturated rings. The molecule has 0 saturated carbocycles. The largest absolute Gasteiger partial charge is 0.480 e. The number of nitrogens with one attached hydrogen (secondary N) is 7. The first-order chi connectivity index (χ1) is 25.4. The quantitative estimate of drug-likeness (QED) is 0.0641. The summed E-state index contributed by atoms with van der Waals surface area (Å²) in [5.74, 6) is -7.16. The third-order valence-corrected chi connectivity index (χ3v) is 8.38. The highest BCUT2D eigenvalue weighted by Gasteiger charge is 2.39. The second-order valence-corrected chi connectivity index (χ2v) is 13.6. The normalized spacial score (nSPS) is 15.9. The van der Waals surface area contributed by atoms with Gasteiger partial charge in [0.15, 0.2) is 0 Å². The Bertz CT molecular complexity index is 1520. The van der Waals surface area contributed by atoms with Gasteiger partial charge in [-0.25, -0.2) is 0 Å². The summed E-state index contributed by atoms with van der Waals surface area (Å²) in [6.45, 7) is 6.31. The maximum absolute atomic E-state index is 13.5. The van der Waals surface area contributed by atoms with E-state index in [1.54, 1.807) is 58.0 Å². The average molecular weight is 760 g/mol. The molecule has 8 amide bonds. The van der Waals surface area contributed by atoms with Crippen LogP contribution in [0, 0.1) is 11.8 Å². The SMILES string of the molecule is CC(C)[C@H](NC(=O)CNC(=O)[C@H](Cc1ccccc1)NC(=O)CNC(=O)[C@@H]1CCCN1C(=O)[C@@H](NC(=O)CNC(=O)[C@H](C)N)C(C)C)C(=O)NCC(=O)O. The molecule has 1 aromatic carbocycles. The molecule has 1 saturated heterocycles. The summed E-state index contributed by atoms with van der Waals surface area (Å²) >= 11 is 0. The molecule has 1 aliphatic heterocycles. The van der Waals surface area contributed by atoms with Gasteiger partial charge in [0, 0.05) is 13.0 Å². The molecule has 0 radical (unpaired) electrons. The zero-order valence-electron chi connectivity index (χ0n) is 31.2. The van der Waals surface area contributed by atoms with Gasteiger partial charge in [0.05, 0.1) is 25.7 Å². The monoisotopic (exact) mass is 759 g/mol. The fraction of sp³-hybridized carbons (Fsp3) is 0.571. The van der Waals surface area contributed by atoms with E-state index in [-0.39, 0.29) is 25.4 Å². The van der Waals surface area contributed by atoms with Gasteiger partial charge >= 0.3 is 5.97 Å². The Hall–Kier alpha value is -5.59. The Morgan fingerprint density at radius 3 is 1.78 bits per heavy atom. The number of nitrogens with zero attached hydrogens (tertiary/aromatic N) is 1. The zero-order chi connectivity index (χ0) is 40.5. The summed E-state index contributed by atoms with van der Waals surface area (Å²) in [5.41, 5.74) is 6.19. The van der Waals surface area contributed by atoms with Crippen LogP contribution in [0.5, 0.6) is 0 Å². The smallest absolute Gasteiger partial charge is 0.322 e. The van der Waals surface area contributed by atoms with Crippen molar-refractivity contribution in [1.82, 2.24) is 42.1 Å². The number of carbonyl (C=O) groups is 9. The molecule has 54 heavy (non-hydrogen) atoms. The van der Waals surface area contributed by atoms with Gasteiger partial charge in [0.2, 0.25) is 47.3 Å². The number of hydrogen-bond donors (Lipinski definition) is 9. The molecule has 19 nitrogen and oxygen atoms in total. The molecule has 1 aromatic rings. The van der Waals surface area contributed by atoms with Gasteiger partial charge in [-0.1, -0.05) is 58.0 Å². The summed E-state index contributed by atoms with van der Waals surface area (Å²) < 4.78 is 0. The van der Waals surface area contributed by atoms with E-state index >= 15 is 0 Å². The first kappa shape index (κ1) is 44.6. The van der Waals surface area contributed by atoms with E-state index in [4.69, 9.17) is 10.8 Å². The maximum Gasteiger partial charge on any atom is 0.322 e. The Morgan fingerprint density at radius 1 is 0.704 bits per heavy atom. The van der Waals surface area contributed by atoms with Crippen molar-refractivity contribution in [2.75, 3.05) is 32.7 Å². The van der Waals surface area contributed by atoms with E-state index in [0.29, 0.717) is 18.4 Å². The van der Waals surface area contributed by atoms with Crippen molar-refractivity contribution in [3.8, 4) is 0 Å². The first-order valence-corrected chi connectivity index (χ1v) is 17.7. The molecule has 298 valence electrons.